The Bertz CT molecular complexity index is 459. The molecule has 1 heterocycles. The molecule has 7 nitrogen and oxygen atoms in total. The maximum absolute atomic E-state index is 11.6. The molecule has 7 heteroatoms. The van der Waals surface area contributed by atoms with Gasteiger partial charge in [0.2, 0.25) is 0 Å². The summed E-state index contributed by atoms with van der Waals surface area (Å²) in [5, 5.41) is 0. The molecule has 100 valence electrons. The lowest BCUT2D eigenvalue weighted by molar-refractivity contribution is -0.155. The third-order valence-electron chi connectivity index (χ3n) is 1.96. The summed E-state index contributed by atoms with van der Waals surface area (Å²) in [4.78, 5) is 26.9. The van der Waals surface area contributed by atoms with Crippen LogP contribution in [0.3, 0.4) is 0 Å². The Morgan fingerprint density at radius 1 is 1.44 bits per heavy atom. The van der Waals surface area contributed by atoms with E-state index >= 15 is 0 Å². The third kappa shape index (κ3) is 3.47. The van der Waals surface area contributed by atoms with Crippen molar-refractivity contribution < 1.29 is 19.1 Å². The molecule has 0 bridgehead atoms. The van der Waals surface area contributed by atoms with E-state index in [1.54, 1.807) is 20.8 Å². The molecular formula is C11H17N3O4. The molecule has 0 aliphatic carbocycles. The number of esters is 2. The van der Waals surface area contributed by atoms with Gasteiger partial charge in [0.05, 0.1) is 13.4 Å². The zero-order valence-electron chi connectivity index (χ0n) is 10.9. The standard InChI is InChI=1S/C11H17N3O4/c1-11(2,3)18-7(15)5-14-6-13-9(12)8(14)10(16)17-4/h6H,5,12H2,1-4H3. The van der Waals surface area contributed by atoms with E-state index in [0.717, 1.165) is 0 Å². The molecule has 0 radical (unpaired) electrons. The average Bonchev–Trinajstić information content (AvgIpc) is 2.56. The number of hydrogen-bond donors (Lipinski definition) is 1. The number of methoxy groups -OCH3 is 1. The van der Waals surface area contributed by atoms with Gasteiger partial charge in [-0.05, 0) is 20.8 Å². The molecule has 0 atom stereocenters. The SMILES string of the molecule is COC(=O)c1c(N)ncn1CC(=O)OC(C)(C)C. The van der Waals surface area contributed by atoms with Gasteiger partial charge in [0.25, 0.3) is 0 Å². The van der Waals surface area contributed by atoms with E-state index in [0.29, 0.717) is 0 Å². The molecule has 1 aromatic heterocycles. The summed E-state index contributed by atoms with van der Waals surface area (Å²) in [6.07, 6.45) is 1.30. The van der Waals surface area contributed by atoms with Crippen molar-refractivity contribution in [3.63, 3.8) is 0 Å². The topological polar surface area (TPSA) is 96.4 Å². The van der Waals surface area contributed by atoms with Crippen molar-refractivity contribution in [2.45, 2.75) is 32.9 Å². The second-order valence-corrected chi connectivity index (χ2v) is 4.68. The Kier molecular flexibility index (Phi) is 3.95. The highest BCUT2D eigenvalue weighted by molar-refractivity contribution is 5.92. The summed E-state index contributed by atoms with van der Waals surface area (Å²) < 4.78 is 11.0. The summed E-state index contributed by atoms with van der Waals surface area (Å²) in [5.74, 6) is -1.11. The van der Waals surface area contributed by atoms with Crippen LogP contribution in [-0.4, -0.2) is 34.2 Å². The first-order valence-electron chi connectivity index (χ1n) is 5.35. The molecule has 0 saturated carbocycles. The lowest BCUT2D eigenvalue weighted by Gasteiger charge is -2.19. The number of carbonyl (C=O) groups excluding carboxylic acids is 2. The quantitative estimate of drug-likeness (QED) is 0.794. The monoisotopic (exact) mass is 255 g/mol. The normalized spacial score (nSPS) is 11.1. The highest BCUT2D eigenvalue weighted by atomic mass is 16.6. The molecule has 0 fully saturated rings. The number of rotatable bonds is 3. The van der Waals surface area contributed by atoms with Gasteiger partial charge in [-0.15, -0.1) is 0 Å². The first kappa shape index (κ1) is 14.0. The van der Waals surface area contributed by atoms with Crippen molar-refractivity contribution in [3.05, 3.63) is 12.0 Å². The smallest absolute Gasteiger partial charge is 0.358 e. The number of imidazole rings is 1. The molecule has 0 unspecified atom stereocenters. The van der Waals surface area contributed by atoms with Gasteiger partial charge < -0.3 is 19.8 Å². The molecule has 18 heavy (non-hydrogen) atoms. The zero-order chi connectivity index (χ0) is 13.9. The second-order valence-electron chi connectivity index (χ2n) is 4.68. The first-order valence-corrected chi connectivity index (χ1v) is 5.35. The Balaban J connectivity index is 2.86. The van der Waals surface area contributed by atoms with E-state index in [1.165, 1.54) is 18.0 Å². The minimum absolute atomic E-state index is 0.0189. The van der Waals surface area contributed by atoms with Crippen molar-refractivity contribution in [2.24, 2.45) is 0 Å². The number of anilines is 1. The van der Waals surface area contributed by atoms with Crippen LogP contribution in [-0.2, 0) is 20.8 Å². The van der Waals surface area contributed by atoms with Gasteiger partial charge >= 0.3 is 11.9 Å². The number of nitrogens with zero attached hydrogens (tertiary/aromatic N) is 2. The highest BCUT2D eigenvalue weighted by Crippen LogP contribution is 2.13. The summed E-state index contributed by atoms with van der Waals surface area (Å²) in [6.45, 7) is 5.13. The molecule has 0 aromatic carbocycles. The van der Waals surface area contributed by atoms with E-state index in [-0.39, 0.29) is 18.1 Å². The van der Waals surface area contributed by atoms with Crippen molar-refractivity contribution in [1.29, 1.82) is 0 Å². The van der Waals surface area contributed by atoms with Crippen LogP contribution in [0.2, 0.25) is 0 Å². The minimum atomic E-state index is -0.645. The average molecular weight is 255 g/mol. The molecule has 0 spiro atoms. The van der Waals surface area contributed by atoms with Gasteiger partial charge in [-0.25, -0.2) is 9.78 Å². The van der Waals surface area contributed by atoms with E-state index in [2.05, 4.69) is 9.72 Å². The largest absolute Gasteiger partial charge is 0.464 e. The zero-order valence-corrected chi connectivity index (χ0v) is 10.9. The van der Waals surface area contributed by atoms with E-state index < -0.39 is 17.5 Å². The number of aromatic nitrogens is 2. The lowest BCUT2D eigenvalue weighted by atomic mass is 10.2. The lowest BCUT2D eigenvalue weighted by Crippen LogP contribution is -2.27. The van der Waals surface area contributed by atoms with Crippen LogP contribution in [0.5, 0.6) is 0 Å². The van der Waals surface area contributed by atoms with Gasteiger partial charge in [0.1, 0.15) is 12.1 Å². The molecule has 1 rings (SSSR count). The van der Waals surface area contributed by atoms with Gasteiger partial charge in [-0.3, -0.25) is 4.79 Å². The fourth-order valence-electron chi connectivity index (χ4n) is 1.35. The fourth-order valence-corrected chi connectivity index (χ4v) is 1.35. The molecular weight excluding hydrogens is 238 g/mol. The van der Waals surface area contributed by atoms with Gasteiger partial charge in [-0.2, -0.15) is 0 Å². The Labute approximate surface area is 105 Å². The summed E-state index contributed by atoms with van der Waals surface area (Å²) in [6, 6.07) is 0. The molecule has 0 amide bonds. The van der Waals surface area contributed by atoms with Crippen molar-refractivity contribution >= 4 is 17.8 Å². The van der Waals surface area contributed by atoms with Crippen LogP contribution in [0.1, 0.15) is 31.3 Å². The van der Waals surface area contributed by atoms with Crippen LogP contribution < -0.4 is 5.73 Å². The summed E-state index contributed by atoms with van der Waals surface area (Å²) in [7, 11) is 1.23. The van der Waals surface area contributed by atoms with Crippen LogP contribution in [0.25, 0.3) is 0 Å². The first-order chi connectivity index (χ1) is 8.24. The number of nitrogens with two attached hydrogens (primary N) is 1. The van der Waals surface area contributed by atoms with E-state index in [9.17, 15) is 9.59 Å². The van der Waals surface area contributed by atoms with E-state index in [4.69, 9.17) is 10.5 Å². The maximum atomic E-state index is 11.6. The second kappa shape index (κ2) is 5.07. The van der Waals surface area contributed by atoms with Crippen LogP contribution in [0.4, 0.5) is 5.82 Å². The van der Waals surface area contributed by atoms with Gasteiger partial charge in [0.15, 0.2) is 11.5 Å². The third-order valence-corrected chi connectivity index (χ3v) is 1.96. The number of nitrogen functional groups attached to an aromatic ring is 1. The number of ether oxygens (including phenoxy) is 2. The van der Waals surface area contributed by atoms with Crippen molar-refractivity contribution in [3.8, 4) is 0 Å². The summed E-state index contributed by atoms with van der Waals surface area (Å²) >= 11 is 0. The summed E-state index contributed by atoms with van der Waals surface area (Å²) in [5.41, 5.74) is 4.99. The molecule has 1 aromatic rings. The van der Waals surface area contributed by atoms with Crippen LogP contribution in [0.15, 0.2) is 6.33 Å². The van der Waals surface area contributed by atoms with Crippen molar-refractivity contribution in [1.82, 2.24) is 9.55 Å². The minimum Gasteiger partial charge on any atom is -0.464 e. The Hall–Kier alpha value is -2.05. The molecule has 0 saturated heterocycles. The maximum Gasteiger partial charge on any atom is 0.358 e. The van der Waals surface area contributed by atoms with Gasteiger partial charge in [0, 0.05) is 0 Å². The van der Waals surface area contributed by atoms with Crippen LogP contribution in [0, 0.1) is 0 Å². The number of carbonyl (C=O) groups is 2. The predicted octanol–water partition coefficient (Wildman–Crippen LogP) is 0.594. The Morgan fingerprint density at radius 2 is 2.06 bits per heavy atom. The Morgan fingerprint density at radius 3 is 2.56 bits per heavy atom. The van der Waals surface area contributed by atoms with E-state index in [1.807, 2.05) is 0 Å². The molecule has 0 aliphatic heterocycles. The van der Waals surface area contributed by atoms with Crippen LogP contribution >= 0.6 is 0 Å². The molecule has 0 aliphatic rings. The number of hydrogen-bond acceptors (Lipinski definition) is 6. The van der Waals surface area contributed by atoms with Gasteiger partial charge in [-0.1, -0.05) is 0 Å². The fraction of sp³-hybridized carbons (Fsp3) is 0.545. The van der Waals surface area contributed by atoms with Crippen molar-refractivity contribution in [2.75, 3.05) is 12.8 Å². The highest BCUT2D eigenvalue weighted by Gasteiger charge is 2.22. The molecule has 2 N–H and O–H groups in total. The predicted molar refractivity (Wildman–Crippen MR) is 63.8 cm³/mol.